The molecule has 3 nitrogen and oxygen atoms in total. The van der Waals surface area contributed by atoms with E-state index in [0.29, 0.717) is 23.2 Å². The number of halogens is 3. The molecule has 1 N–H and O–H groups in total. The lowest BCUT2D eigenvalue weighted by Gasteiger charge is -2.08. The molecule has 18 heavy (non-hydrogen) atoms. The van der Waals surface area contributed by atoms with Crippen LogP contribution >= 0.6 is 11.6 Å². The first-order valence-corrected chi connectivity index (χ1v) is 5.54. The van der Waals surface area contributed by atoms with Crippen molar-refractivity contribution in [2.75, 3.05) is 5.32 Å². The van der Waals surface area contributed by atoms with Crippen LogP contribution in [-0.4, -0.2) is 6.61 Å². The number of furan rings is 1. The molecule has 0 radical (unpaired) electrons. The van der Waals surface area contributed by atoms with Crippen molar-refractivity contribution in [2.45, 2.75) is 13.2 Å². The first-order chi connectivity index (χ1) is 8.63. The number of nitrogens with one attached hydrogen (secondary N) is 1. The third kappa shape index (κ3) is 3.63. The van der Waals surface area contributed by atoms with Gasteiger partial charge >= 0.3 is 6.61 Å². The SMILES string of the molecule is FC(F)Oc1cccc(NCc2ccc(Cl)o2)c1. The van der Waals surface area contributed by atoms with Gasteiger partial charge in [-0.2, -0.15) is 8.78 Å². The summed E-state index contributed by atoms with van der Waals surface area (Å²) >= 11 is 5.63. The number of benzene rings is 1. The van der Waals surface area contributed by atoms with Crippen LogP contribution in [-0.2, 0) is 6.54 Å². The van der Waals surface area contributed by atoms with E-state index in [2.05, 4.69) is 10.1 Å². The Morgan fingerprint density at radius 1 is 1.28 bits per heavy atom. The minimum Gasteiger partial charge on any atom is -0.448 e. The molecule has 96 valence electrons. The molecule has 0 bridgehead atoms. The van der Waals surface area contributed by atoms with Gasteiger partial charge in [0.15, 0.2) is 5.22 Å². The van der Waals surface area contributed by atoms with Crippen molar-refractivity contribution in [3.63, 3.8) is 0 Å². The standard InChI is InChI=1S/C12H10ClF2NO2/c13-11-5-4-10(17-11)7-16-8-2-1-3-9(6-8)18-12(14)15/h1-6,12,16H,7H2. The fourth-order valence-electron chi connectivity index (χ4n) is 1.42. The first kappa shape index (κ1) is 12.7. The topological polar surface area (TPSA) is 34.4 Å². The van der Waals surface area contributed by atoms with Crippen LogP contribution in [0, 0.1) is 0 Å². The van der Waals surface area contributed by atoms with Gasteiger partial charge in [0.2, 0.25) is 0 Å². The second-order valence-corrected chi connectivity index (χ2v) is 3.84. The summed E-state index contributed by atoms with van der Waals surface area (Å²) in [7, 11) is 0. The molecular formula is C12H10ClF2NO2. The third-order valence-electron chi connectivity index (χ3n) is 2.15. The summed E-state index contributed by atoms with van der Waals surface area (Å²) in [6.45, 7) is -2.42. The van der Waals surface area contributed by atoms with E-state index < -0.39 is 6.61 Å². The van der Waals surface area contributed by atoms with Crippen molar-refractivity contribution in [1.82, 2.24) is 0 Å². The smallest absolute Gasteiger partial charge is 0.387 e. The highest BCUT2D eigenvalue weighted by molar-refractivity contribution is 6.28. The van der Waals surface area contributed by atoms with Crippen molar-refractivity contribution in [3.05, 3.63) is 47.4 Å². The normalized spacial score (nSPS) is 10.7. The molecule has 0 aliphatic carbocycles. The Kier molecular flexibility index (Phi) is 4.04. The predicted molar refractivity (Wildman–Crippen MR) is 64.1 cm³/mol. The van der Waals surface area contributed by atoms with E-state index in [1.807, 2.05) is 0 Å². The van der Waals surface area contributed by atoms with Crippen molar-refractivity contribution >= 4 is 17.3 Å². The molecule has 0 amide bonds. The molecule has 1 heterocycles. The van der Waals surface area contributed by atoms with E-state index in [9.17, 15) is 8.78 Å². The molecule has 0 aliphatic heterocycles. The Morgan fingerprint density at radius 2 is 2.11 bits per heavy atom. The number of ether oxygens (including phenoxy) is 1. The Bertz CT molecular complexity index is 516. The molecule has 2 aromatic rings. The summed E-state index contributed by atoms with van der Waals surface area (Å²) in [5, 5.41) is 3.32. The summed E-state index contributed by atoms with van der Waals surface area (Å²) in [4.78, 5) is 0. The van der Waals surface area contributed by atoms with E-state index in [1.54, 1.807) is 24.3 Å². The molecule has 0 atom stereocenters. The lowest BCUT2D eigenvalue weighted by Crippen LogP contribution is -2.03. The van der Waals surface area contributed by atoms with Gasteiger partial charge in [0, 0.05) is 11.8 Å². The summed E-state index contributed by atoms with van der Waals surface area (Å²) in [6, 6.07) is 9.67. The third-order valence-corrected chi connectivity index (χ3v) is 2.36. The van der Waals surface area contributed by atoms with Crippen LogP contribution in [0.4, 0.5) is 14.5 Å². The maximum atomic E-state index is 12.0. The molecule has 0 fully saturated rings. The van der Waals surface area contributed by atoms with Crippen LogP contribution in [0.1, 0.15) is 5.76 Å². The van der Waals surface area contributed by atoms with Gasteiger partial charge in [-0.3, -0.25) is 0 Å². The lowest BCUT2D eigenvalue weighted by molar-refractivity contribution is -0.0498. The number of rotatable bonds is 5. The summed E-state index contributed by atoms with van der Waals surface area (Å²) in [6.07, 6.45) is 0. The molecule has 0 saturated heterocycles. The summed E-state index contributed by atoms with van der Waals surface area (Å²) < 4.78 is 33.5. The van der Waals surface area contributed by atoms with Gasteiger partial charge in [-0.25, -0.2) is 0 Å². The first-order valence-electron chi connectivity index (χ1n) is 5.16. The molecule has 1 aromatic carbocycles. The second-order valence-electron chi connectivity index (χ2n) is 3.47. The molecule has 0 aliphatic rings. The van der Waals surface area contributed by atoms with Gasteiger partial charge in [-0.15, -0.1) is 0 Å². The molecular weight excluding hydrogens is 264 g/mol. The molecule has 0 spiro atoms. The monoisotopic (exact) mass is 273 g/mol. The number of anilines is 1. The Balaban J connectivity index is 1.96. The number of alkyl halides is 2. The minimum atomic E-state index is -2.83. The highest BCUT2D eigenvalue weighted by Gasteiger charge is 2.05. The average molecular weight is 274 g/mol. The van der Waals surface area contributed by atoms with Gasteiger partial charge in [0.05, 0.1) is 6.54 Å². The van der Waals surface area contributed by atoms with E-state index in [0.717, 1.165) is 0 Å². The van der Waals surface area contributed by atoms with Gasteiger partial charge in [-0.1, -0.05) is 6.07 Å². The maximum Gasteiger partial charge on any atom is 0.387 e. The van der Waals surface area contributed by atoms with E-state index in [-0.39, 0.29) is 5.75 Å². The zero-order valence-electron chi connectivity index (χ0n) is 9.20. The lowest BCUT2D eigenvalue weighted by atomic mass is 10.3. The van der Waals surface area contributed by atoms with Crippen molar-refractivity contribution in [1.29, 1.82) is 0 Å². The molecule has 0 unspecified atom stereocenters. The van der Waals surface area contributed by atoms with Gasteiger partial charge < -0.3 is 14.5 Å². The van der Waals surface area contributed by atoms with Crippen LogP contribution in [0.5, 0.6) is 5.75 Å². The van der Waals surface area contributed by atoms with Gasteiger partial charge in [0.25, 0.3) is 0 Å². The summed E-state index contributed by atoms with van der Waals surface area (Å²) in [5.74, 6) is 0.757. The molecule has 1 aromatic heterocycles. The predicted octanol–water partition coefficient (Wildman–Crippen LogP) is 4.15. The van der Waals surface area contributed by atoms with Gasteiger partial charge in [-0.05, 0) is 35.9 Å². The van der Waals surface area contributed by atoms with E-state index >= 15 is 0 Å². The van der Waals surface area contributed by atoms with Crippen LogP contribution in [0.15, 0.2) is 40.8 Å². The van der Waals surface area contributed by atoms with E-state index in [4.69, 9.17) is 16.0 Å². The summed E-state index contributed by atoms with van der Waals surface area (Å²) in [5.41, 5.74) is 0.653. The largest absolute Gasteiger partial charge is 0.448 e. The molecule has 2 rings (SSSR count). The van der Waals surface area contributed by atoms with Crippen LogP contribution in [0.2, 0.25) is 5.22 Å². The van der Waals surface area contributed by atoms with E-state index in [1.165, 1.54) is 12.1 Å². The quantitative estimate of drug-likeness (QED) is 0.889. The molecule has 6 heteroatoms. The number of hydrogen-bond donors (Lipinski definition) is 1. The van der Waals surface area contributed by atoms with Crippen molar-refractivity contribution in [2.24, 2.45) is 0 Å². The highest BCUT2D eigenvalue weighted by atomic mass is 35.5. The number of hydrogen-bond acceptors (Lipinski definition) is 3. The minimum absolute atomic E-state index is 0.104. The Hall–Kier alpha value is -1.75. The average Bonchev–Trinajstić information content (AvgIpc) is 2.72. The van der Waals surface area contributed by atoms with Crippen molar-refractivity contribution < 1.29 is 17.9 Å². The van der Waals surface area contributed by atoms with Crippen LogP contribution in [0.3, 0.4) is 0 Å². The zero-order chi connectivity index (χ0) is 13.0. The second kappa shape index (κ2) is 5.73. The zero-order valence-corrected chi connectivity index (χ0v) is 9.95. The maximum absolute atomic E-state index is 12.0. The highest BCUT2D eigenvalue weighted by Crippen LogP contribution is 2.20. The Morgan fingerprint density at radius 3 is 2.78 bits per heavy atom. The fourth-order valence-corrected chi connectivity index (χ4v) is 1.58. The van der Waals surface area contributed by atoms with Crippen molar-refractivity contribution in [3.8, 4) is 5.75 Å². The Labute approximate surface area is 107 Å². The fraction of sp³-hybridized carbons (Fsp3) is 0.167. The van der Waals surface area contributed by atoms with Crippen LogP contribution in [0.25, 0.3) is 0 Å². The van der Waals surface area contributed by atoms with Gasteiger partial charge in [0.1, 0.15) is 11.5 Å². The molecule has 0 saturated carbocycles. The van der Waals surface area contributed by atoms with Crippen LogP contribution < -0.4 is 10.1 Å².